The molecule has 0 bridgehead atoms. The van der Waals surface area contributed by atoms with Crippen LogP contribution in [-0.2, 0) is 0 Å². The fourth-order valence-electron chi connectivity index (χ4n) is 0.757. The zero-order chi connectivity index (χ0) is 6.97. The monoisotopic (exact) mass is 246 g/mol. The summed E-state index contributed by atoms with van der Waals surface area (Å²) in [5.41, 5.74) is 1.63. The highest BCUT2D eigenvalue weighted by Crippen LogP contribution is 2.16. The number of nitrogens with zero attached hydrogens (tertiary/aromatic N) is 2. The zero-order valence-corrected chi connectivity index (χ0v) is 7.07. The number of hydrogen-bond acceptors (Lipinski definition) is 3. The summed E-state index contributed by atoms with van der Waals surface area (Å²) in [6.07, 6.45) is 4.85. The van der Waals surface area contributed by atoms with Crippen LogP contribution in [0.1, 0.15) is 0 Å². The van der Waals surface area contributed by atoms with Crippen LogP contribution in [-0.4, -0.2) is 9.97 Å². The molecule has 2 aromatic heterocycles. The van der Waals surface area contributed by atoms with Crippen LogP contribution in [0, 0.1) is 3.57 Å². The smallest absolute Gasteiger partial charge is 0.182 e. The van der Waals surface area contributed by atoms with Crippen LogP contribution in [0.15, 0.2) is 23.2 Å². The van der Waals surface area contributed by atoms with E-state index in [1.54, 1.807) is 12.4 Å². The third-order valence-corrected chi connectivity index (χ3v) is 1.97. The molecule has 0 aliphatic carbocycles. The normalized spacial score (nSPS) is 10.5. The lowest BCUT2D eigenvalue weighted by Crippen LogP contribution is -1.75. The van der Waals surface area contributed by atoms with Crippen LogP contribution in [0.2, 0.25) is 0 Å². The molecule has 0 radical (unpaired) electrons. The number of aromatic nitrogens is 2. The van der Waals surface area contributed by atoms with E-state index < -0.39 is 0 Å². The summed E-state index contributed by atoms with van der Waals surface area (Å²) in [5.74, 6) is 0. The predicted molar refractivity (Wildman–Crippen MR) is 44.5 cm³/mol. The second-order valence-corrected chi connectivity index (χ2v) is 2.98. The Morgan fingerprint density at radius 1 is 1.40 bits per heavy atom. The highest BCUT2D eigenvalue weighted by molar-refractivity contribution is 14.1. The SMILES string of the molecule is Ic1cncc2ncoc12. The molecule has 4 heteroatoms. The van der Waals surface area contributed by atoms with Gasteiger partial charge in [-0.15, -0.1) is 0 Å². The molecule has 0 spiro atoms. The van der Waals surface area contributed by atoms with Crippen LogP contribution in [0.4, 0.5) is 0 Å². The second-order valence-electron chi connectivity index (χ2n) is 1.82. The summed E-state index contributed by atoms with van der Waals surface area (Å²) in [4.78, 5) is 7.90. The minimum atomic E-state index is 0.812. The minimum Gasteiger partial charge on any atom is -0.442 e. The lowest BCUT2D eigenvalue weighted by atomic mass is 10.4. The molecule has 0 N–H and O–H groups in total. The molecular formula is C6H3IN2O. The molecule has 50 valence electrons. The summed E-state index contributed by atoms with van der Waals surface area (Å²) in [6.45, 7) is 0. The first-order chi connectivity index (χ1) is 4.88. The first-order valence-corrected chi connectivity index (χ1v) is 3.78. The highest BCUT2D eigenvalue weighted by atomic mass is 127. The maximum Gasteiger partial charge on any atom is 0.182 e. The molecule has 0 saturated heterocycles. The fourth-order valence-corrected chi connectivity index (χ4v) is 1.32. The molecule has 3 nitrogen and oxygen atoms in total. The number of oxazole rings is 1. The number of halogens is 1. The van der Waals surface area contributed by atoms with Crippen molar-refractivity contribution in [2.24, 2.45) is 0 Å². The molecule has 0 aliphatic rings. The summed E-state index contributed by atoms with van der Waals surface area (Å²) in [5, 5.41) is 0. The van der Waals surface area contributed by atoms with Gasteiger partial charge in [-0.1, -0.05) is 0 Å². The van der Waals surface area contributed by atoms with Crippen molar-refractivity contribution >= 4 is 33.7 Å². The Kier molecular flexibility index (Phi) is 1.33. The van der Waals surface area contributed by atoms with Crippen LogP contribution in [0.3, 0.4) is 0 Å². The van der Waals surface area contributed by atoms with Crippen LogP contribution < -0.4 is 0 Å². The van der Waals surface area contributed by atoms with E-state index in [0.717, 1.165) is 14.7 Å². The Morgan fingerprint density at radius 3 is 3.10 bits per heavy atom. The maximum atomic E-state index is 5.09. The van der Waals surface area contributed by atoms with Gasteiger partial charge in [-0.25, -0.2) is 4.98 Å². The quantitative estimate of drug-likeness (QED) is 0.665. The Bertz CT molecular complexity index is 357. The third-order valence-electron chi connectivity index (χ3n) is 1.20. The predicted octanol–water partition coefficient (Wildman–Crippen LogP) is 1.83. The number of pyridine rings is 1. The second kappa shape index (κ2) is 2.19. The van der Waals surface area contributed by atoms with E-state index >= 15 is 0 Å². The molecule has 10 heavy (non-hydrogen) atoms. The highest BCUT2D eigenvalue weighted by Gasteiger charge is 2.00. The van der Waals surface area contributed by atoms with E-state index in [4.69, 9.17) is 4.42 Å². The standard InChI is InChI=1S/C6H3IN2O/c7-4-1-8-2-5-6(4)10-3-9-5/h1-3H. The number of hydrogen-bond donors (Lipinski definition) is 0. The lowest BCUT2D eigenvalue weighted by molar-refractivity contribution is 0.600. The van der Waals surface area contributed by atoms with Crippen LogP contribution in [0.25, 0.3) is 11.1 Å². The Morgan fingerprint density at radius 2 is 2.30 bits per heavy atom. The molecule has 0 saturated carbocycles. The minimum absolute atomic E-state index is 0.812. The first-order valence-electron chi connectivity index (χ1n) is 2.70. The number of fused-ring (bicyclic) bond motifs is 1. The summed E-state index contributed by atoms with van der Waals surface area (Å²) < 4.78 is 6.08. The van der Waals surface area contributed by atoms with Gasteiger partial charge in [0, 0.05) is 6.20 Å². The van der Waals surface area contributed by atoms with Gasteiger partial charge in [-0.3, -0.25) is 4.98 Å². The van der Waals surface area contributed by atoms with Crippen molar-refractivity contribution in [3.63, 3.8) is 0 Å². The zero-order valence-electron chi connectivity index (χ0n) is 4.91. The van der Waals surface area contributed by atoms with Gasteiger partial charge in [0.05, 0.1) is 9.77 Å². The van der Waals surface area contributed by atoms with E-state index in [-0.39, 0.29) is 0 Å². The molecule has 0 fully saturated rings. The maximum absolute atomic E-state index is 5.09. The third kappa shape index (κ3) is 0.792. The summed E-state index contributed by atoms with van der Waals surface area (Å²) in [6, 6.07) is 0. The van der Waals surface area contributed by atoms with E-state index in [1.807, 2.05) is 0 Å². The molecular weight excluding hydrogens is 243 g/mol. The van der Waals surface area contributed by atoms with E-state index in [9.17, 15) is 0 Å². The number of rotatable bonds is 0. The van der Waals surface area contributed by atoms with Gasteiger partial charge >= 0.3 is 0 Å². The summed E-state index contributed by atoms with van der Waals surface area (Å²) >= 11 is 2.16. The van der Waals surface area contributed by atoms with Gasteiger partial charge in [-0.05, 0) is 22.6 Å². The van der Waals surface area contributed by atoms with Gasteiger partial charge < -0.3 is 4.42 Å². The van der Waals surface area contributed by atoms with Gasteiger partial charge in [0.25, 0.3) is 0 Å². The van der Waals surface area contributed by atoms with Crippen molar-refractivity contribution in [2.75, 3.05) is 0 Å². The molecule has 0 aromatic carbocycles. The molecule has 0 atom stereocenters. The van der Waals surface area contributed by atoms with Gasteiger partial charge in [0.2, 0.25) is 0 Å². The van der Waals surface area contributed by atoms with Crippen molar-refractivity contribution < 1.29 is 4.42 Å². The van der Waals surface area contributed by atoms with Gasteiger partial charge in [0.1, 0.15) is 5.52 Å². The van der Waals surface area contributed by atoms with E-state index in [1.165, 1.54) is 6.39 Å². The molecule has 0 amide bonds. The largest absolute Gasteiger partial charge is 0.442 e. The summed E-state index contributed by atoms with van der Waals surface area (Å²) in [7, 11) is 0. The van der Waals surface area contributed by atoms with Crippen LogP contribution in [0.5, 0.6) is 0 Å². The van der Waals surface area contributed by atoms with Gasteiger partial charge in [0.15, 0.2) is 12.0 Å². The van der Waals surface area contributed by atoms with Crippen molar-refractivity contribution in [1.29, 1.82) is 0 Å². The molecule has 2 rings (SSSR count). The first kappa shape index (κ1) is 6.09. The van der Waals surface area contributed by atoms with E-state index in [0.29, 0.717) is 0 Å². The average molecular weight is 246 g/mol. The average Bonchev–Trinajstić information content (AvgIpc) is 2.36. The topological polar surface area (TPSA) is 38.9 Å². The Labute approximate surface area is 70.6 Å². The van der Waals surface area contributed by atoms with Crippen molar-refractivity contribution in [3.05, 3.63) is 22.4 Å². The lowest BCUT2D eigenvalue weighted by Gasteiger charge is -1.86. The van der Waals surface area contributed by atoms with Gasteiger partial charge in [-0.2, -0.15) is 0 Å². The molecule has 2 heterocycles. The van der Waals surface area contributed by atoms with Crippen molar-refractivity contribution in [1.82, 2.24) is 9.97 Å². The Balaban J connectivity index is 2.95. The van der Waals surface area contributed by atoms with Crippen molar-refractivity contribution in [3.8, 4) is 0 Å². The van der Waals surface area contributed by atoms with Crippen LogP contribution >= 0.6 is 22.6 Å². The molecule has 0 aliphatic heterocycles. The molecule has 2 aromatic rings. The van der Waals surface area contributed by atoms with E-state index in [2.05, 4.69) is 32.6 Å². The molecule has 0 unspecified atom stereocenters. The fraction of sp³-hybridized carbons (Fsp3) is 0. The van der Waals surface area contributed by atoms with Crippen molar-refractivity contribution in [2.45, 2.75) is 0 Å². The Hall–Kier alpha value is -0.650.